The molecule has 6 heteroatoms. The molecule has 2 aromatic carbocycles. The van der Waals surface area contributed by atoms with Gasteiger partial charge in [-0.25, -0.2) is 4.39 Å². The molecule has 0 radical (unpaired) electrons. The summed E-state index contributed by atoms with van der Waals surface area (Å²) in [7, 11) is 0. The Morgan fingerprint density at radius 3 is 2.39 bits per heavy atom. The number of rotatable bonds is 7. The molecular weight excluding hydrogens is 418 g/mol. The summed E-state index contributed by atoms with van der Waals surface area (Å²) in [5.41, 5.74) is 3.46. The molecule has 1 saturated heterocycles. The van der Waals surface area contributed by atoms with Gasteiger partial charge in [0.05, 0.1) is 0 Å². The van der Waals surface area contributed by atoms with Crippen LogP contribution in [-0.2, 0) is 6.42 Å². The van der Waals surface area contributed by atoms with Crippen molar-refractivity contribution < 1.29 is 4.39 Å². The normalized spacial score (nSPS) is 14.8. The lowest BCUT2D eigenvalue weighted by Crippen LogP contribution is -2.35. The Hall–Kier alpha value is -1.000. The minimum Gasteiger partial charge on any atom is -0.385 e. The summed E-state index contributed by atoms with van der Waals surface area (Å²) in [4.78, 5) is 2.56. The van der Waals surface area contributed by atoms with Gasteiger partial charge in [-0.3, -0.25) is 0 Å². The van der Waals surface area contributed by atoms with Crippen LogP contribution in [0.1, 0.15) is 30.4 Å². The van der Waals surface area contributed by atoms with Gasteiger partial charge in [-0.15, -0.1) is 24.8 Å². The predicted molar refractivity (Wildman–Crippen MR) is 123 cm³/mol. The topological polar surface area (TPSA) is 15.3 Å². The monoisotopic (exact) mass is 446 g/mol. The van der Waals surface area contributed by atoms with Crippen molar-refractivity contribution in [2.24, 2.45) is 5.92 Å². The smallest absolute Gasteiger partial charge is 0.123 e. The van der Waals surface area contributed by atoms with E-state index >= 15 is 0 Å². The molecule has 1 N–H and O–H groups in total. The zero-order valence-corrected chi connectivity index (χ0v) is 18.7. The van der Waals surface area contributed by atoms with Crippen LogP contribution in [0.15, 0.2) is 42.5 Å². The van der Waals surface area contributed by atoms with Crippen molar-refractivity contribution in [2.45, 2.75) is 32.6 Å². The molecule has 0 saturated carbocycles. The SMILES string of the molecule is Cc1ccc(NCCCN2CCC(Cc3ccc(F)cc3)CC2)cc1Cl.Cl.Cl. The van der Waals surface area contributed by atoms with Crippen LogP contribution in [0, 0.1) is 18.7 Å². The third-order valence-electron chi connectivity index (χ3n) is 5.30. The molecular formula is C22H30Cl3FN2. The van der Waals surface area contributed by atoms with E-state index < -0.39 is 0 Å². The van der Waals surface area contributed by atoms with Crippen molar-refractivity contribution in [3.05, 3.63) is 64.4 Å². The molecule has 156 valence electrons. The summed E-state index contributed by atoms with van der Waals surface area (Å²) >= 11 is 6.16. The van der Waals surface area contributed by atoms with Gasteiger partial charge in [0.25, 0.3) is 0 Å². The van der Waals surface area contributed by atoms with Crippen LogP contribution in [0.25, 0.3) is 0 Å². The molecule has 1 fully saturated rings. The predicted octanol–water partition coefficient (Wildman–Crippen LogP) is 6.39. The molecule has 1 heterocycles. The number of hydrogen-bond donors (Lipinski definition) is 1. The van der Waals surface area contributed by atoms with Crippen LogP contribution >= 0.6 is 36.4 Å². The molecule has 0 unspecified atom stereocenters. The average molecular weight is 448 g/mol. The van der Waals surface area contributed by atoms with Crippen molar-refractivity contribution in [2.75, 3.05) is 31.5 Å². The van der Waals surface area contributed by atoms with E-state index in [2.05, 4.69) is 22.3 Å². The number of nitrogens with one attached hydrogen (secondary N) is 1. The maximum Gasteiger partial charge on any atom is 0.123 e. The van der Waals surface area contributed by atoms with Crippen LogP contribution in [-0.4, -0.2) is 31.1 Å². The lowest BCUT2D eigenvalue weighted by molar-refractivity contribution is 0.183. The number of anilines is 1. The fourth-order valence-electron chi connectivity index (χ4n) is 3.61. The van der Waals surface area contributed by atoms with Gasteiger partial charge < -0.3 is 10.2 Å². The van der Waals surface area contributed by atoms with Gasteiger partial charge in [0.15, 0.2) is 0 Å². The molecule has 0 aromatic heterocycles. The Bertz CT molecular complexity index is 701. The summed E-state index contributed by atoms with van der Waals surface area (Å²) in [6, 6.07) is 13.1. The van der Waals surface area contributed by atoms with Crippen molar-refractivity contribution in [3.63, 3.8) is 0 Å². The number of halogens is 4. The number of benzene rings is 2. The molecule has 3 rings (SSSR count). The third-order valence-corrected chi connectivity index (χ3v) is 5.70. The van der Waals surface area contributed by atoms with E-state index in [0.717, 1.165) is 48.1 Å². The van der Waals surface area contributed by atoms with E-state index in [1.807, 2.05) is 25.1 Å². The minimum absolute atomic E-state index is 0. The largest absolute Gasteiger partial charge is 0.385 e. The van der Waals surface area contributed by atoms with Crippen molar-refractivity contribution >= 4 is 42.1 Å². The van der Waals surface area contributed by atoms with E-state index in [4.69, 9.17) is 11.6 Å². The second-order valence-corrected chi connectivity index (χ2v) is 7.77. The maximum absolute atomic E-state index is 13.0. The highest BCUT2D eigenvalue weighted by Crippen LogP contribution is 2.22. The van der Waals surface area contributed by atoms with Crippen LogP contribution < -0.4 is 5.32 Å². The summed E-state index contributed by atoms with van der Waals surface area (Å²) in [5.74, 6) is 0.578. The molecule has 28 heavy (non-hydrogen) atoms. The Morgan fingerprint density at radius 1 is 1.07 bits per heavy atom. The highest BCUT2D eigenvalue weighted by Gasteiger charge is 2.19. The summed E-state index contributed by atoms with van der Waals surface area (Å²) in [6.45, 7) is 6.46. The van der Waals surface area contributed by atoms with Crippen LogP contribution in [0.4, 0.5) is 10.1 Å². The first-order valence-electron chi connectivity index (χ1n) is 9.57. The first-order valence-corrected chi connectivity index (χ1v) is 9.95. The van der Waals surface area contributed by atoms with Crippen molar-refractivity contribution in [1.82, 2.24) is 4.90 Å². The lowest BCUT2D eigenvalue weighted by atomic mass is 9.90. The van der Waals surface area contributed by atoms with E-state index in [9.17, 15) is 4.39 Å². The zero-order valence-electron chi connectivity index (χ0n) is 16.3. The number of piperidine rings is 1. The molecule has 0 amide bonds. The Labute approximate surface area is 185 Å². The molecule has 2 aromatic rings. The Balaban J connectivity index is 0.00000196. The van der Waals surface area contributed by atoms with Gasteiger partial charge in [0.1, 0.15) is 5.82 Å². The minimum atomic E-state index is -0.148. The summed E-state index contributed by atoms with van der Waals surface area (Å²) in [5, 5.41) is 4.27. The molecule has 0 bridgehead atoms. The molecule has 1 aliphatic rings. The van der Waals surface area contributed by atoms with E-state index in [0.29, 0.717) is 0 Å². The maximum atomic E-state index is 13.0. The van der Waals surface area contributed by atoms with Gasteiger partial charge in [-0.2, -0.15) is 0 Å². The van der Waals surface area contributed by atoms with Gasteiger partial charge in [0, 0.05) is 17.3 Å². The molecule has 2 nitrogen and oxygen atoms in total. The summed E-state index contributed by atoms with van der Waals surface area (Å²) in [6.07, 6.45) is 4.68. The average Bonchev–Trinajstić information content (AvgIpc) is 2.65. The number of likely N-dealkylation sites (tertiary alicyclic amines) is 1. The molecule has 0 spiro atoms. The fraction of sp³-hybridized carbons (Fsp3) is 0.455. The first-order chi connectivity index (χ1) is 12.6. The lowest BCUT2D eigenvalue weighted by Gasteiger charge is -2.32. The highest BCUT2D eigenvalue weighted by atomic mass is 35.5. The van der Waals surface area contributed by atoms with Crippen LogP contribution in [0.3, 0.4) is 0 Å². The fourth-order valence-corrected chi connectivity index (χ4v) is 3.79. The van der Waals surface area contributed by atoms with E-state index in [1.54, 1.807) is 12.1 Å². The second-order valence-electron chi connectivity index (χ2n) is 7.36. The van der Waals surface area contributed by atoms with Crippen LogP contribution in [0.5, 0.6) is 0 Å². The Kier molecular flexibility index (Phi) is 11.2. The molecule has 0 aliphatic carbocycles. The molecule has 0 atom stereocenters. The van der Waals surface area contributed by atoms with Crippen LogP contribution in [0.2, 0.25) is 5.02 Å². The number of nitrogens with zero attached hydrogens (tertiary/aromatic N) is 1. The standard InChI is InChI=1S/C22H28ClFN2.2ClH/c1-17-3-8-21(16-22(17)23)25-11-2-12-26-13-9-19(10-14-26)15-18-4-6-20(24)7-5-18;;/h3-8,16,19,25H,2,9-15H2,1H3;2*1H. The van der Waals surface area contributed by atoms with Crippen molar-refractivity contribution in [1.29, 1.82) is 0 Å². The number of aryl methyl sites for hydroxylation is 1. The van der Waals surface area contributed by atoms with Gasteiger partial charge in [-0.05, 0) is 93.6 Å². The highest BCUT2D eigenvalue weighted by molar-refractivity contribution is 6.31. The third kappa shape index (κ3) is 7.79. The van der Waals surface area contributed by atoms with Gasteiger partial charge in [0.2, 0.25) is 0 Å². The van der Waals surface area contributed by atoms with E-state index in [-0.39, 0.29) is 30.6 Å². The quantitative estimate of drug-likeness (QED) is 0.495. The van der Waals surface area contributed by atoms with Gasteiger partial charge >= 0.3 is 0 Å². The van der Waals surface area contributed by atoms with Crippen molar-refractivity contribution in [3.8, 4) is 0 Å². The van der Waals surface area contributed by atoms with Gasteiger partial charge in [-0.1, -0.05) is 29.8 Å². The number of hydrogen-bond acceptors (Lipinski definition) is 2. The Morgan fingerprint density at radius 2 is 1.75 bits per heavy atom. The molecule has 1 aliphatic heterocycles. The van der Waals surface area contributed by atoms with E-state index in [1.165, 1.54) is 31.5 Å². The first kappa shape index (κ1) is 25.0. The zero-order chi connectivity index (χ0) is 18.4. The second kappa shape index (κ2) is 12.5. The summed E-state index contributed by atoms with van der Waals surface area (Å²) < 4.78 is 13.0.